The first-order valence-electron chi connectivity index (χ1n) is 4.78. The van der Waals surface area contributed by atoms with E-state index in [9.17, 15) is 26.7 Å². The molecule has 1 heterocycles. The maximum atomic E-state index is 12.8. The number of hydrogen-bond donors (Lipinski definition) is 0. The summed E-state index contributed by atoms with van der Waals surface area (Å²) in [6.07, 6.45) is -9.07. The van der Waals surface area contributed by atoms with Crippen molar-refractivity contribution >= 4 is 28.6 Å². The zero-order valence-electron chi connectivity index (χ0n) is 9.39. The van der Waals surface area contributed by atoms with Crippen LogP contribution in [0.5, 0.6) is 0 Å². The van der Waals surface area contributed by atoms with Crippen LogP contribution in [0.2, 0.25) is 0 Å². The molecule has 0 fully saturated rings. The Kier molecular flexibility index (Phi) is 5.04. The number of nitrogens with zero attached hydrogens (tertiary/aromatic N) is 1. The Labute approximate surface area is 118 Å². The molecule has 0 spiro atoms. The van der Waals surface area contributed by atoms with E-state index in [1.165, 1.54) is 22.6 Å². The first kappa shape index (κ1) is 16.1. The highest BCUT2D eigenvalue weighted by Gasteiger charge is 2.39. The number of ether oxygens (including phenoxy) is 1. The van der Waals surface area contributed by atoms with Gasteiger partial charge in [-0.2, -0.15) is 13.2 Å². The maximum absolute atomic E-state index is 12.8. The summed E-state index contributed by atoms with van der Waals surface area (Å²) in [4.78, 5) is 14.1. The number of halogens is 6. The van der Waals surface area contributed by atoms with Gasteiger partial charge in [0, 0.05) is 0 Å². The zero-order chi connectivity index (χ0) is 14.8. The monoisotopic (exact) mass is 395 g/mol. The largest absolute Gasteiger partial charge is 0.469 e. The third-order valence-corrected chi connectivity index (χ3v) is 2.71. The van der Waals surface area contributed by atoms with Gasteiger partial charge in [0.15, 0.2) is 5.69 Å². The Balaban J connectivity index is 3.45. The minimum Gasteiger partial charge on any atom is -0.469 e. The van der Waals surface area contributed by atoms with Crippen molar-refractivity contribution in [1.29, 1.82) is 0 Å². The summed E-state index contributed by atoms with van der Waals surface area (Å²) in [6, 6.07) is 1.01. The molecular weight excluding hydrogens is 388 g/mol. The van der Waals surface area contributed by atoms with Gasteiger partial charge in [-0.1, -0.05) is 0 Å². The fourth-order valence-corrected chi connectivity index (χ4v) is 2.02. The van der Waals surface area contributed by atoms with Crippen LogP contribution in [-0.2, 0) is 22.1 Å². The Morgan fingerprint density at radius 3 is 2.47 bits per heavy atom. The van der Waals surface area contributed by atoms with Crippen LogP contribution in [0.25, 0.3) is 0 Å². The molecule has 0 saturated heterocycles. The molecule has 0 aliphatic rings. The van der Waals surface area contributed by atoms with Crippen molar-refractivity contribution in [2.75, 3.05) is 7.11 Å². The topological polar surface area (TPSA) is 39.2 Å². The van der Waals surface area contributed by atoms with Crippen LogP contribution in [0.3, 0.4) is 0 Å². The van der Waals surface area contributed by atoms with Crippen molar-refractivity contribution in [2.24, 2.45) is 0 Å². The summed E-state index contributed by atoms with van der Waals surface area (Å²) < 4.78 is 67.8. The Morgan fingerprint density at radius 2 is 2.05 bits per heavy atom. The fraction of sp³-hybridized carbons (Fsp3) is 0.400. The maximum Gasteiger partial charge on any atom is 0.433 e. The number of aromatic nitrogens is 1. The van der Waals surface area contributed by atoms with Crippen molar-refractivity contribution in [3.63, 3.8) is 0 Å². The second-order valence-electron chi connectivity index (χ2n) is 3.42. The number of hydrogen-bond acceptors (Lipinski definition) is 3. The van der Waals surface area contributed by atoms with Crippen LogP contribution in [0.15, 0.2) is 6.07 Å². The molecule has 1 rings (SSSR count). The lowest BCUT2D eigenvalue weighted by atomic mass is 10.0. The van der Waals surface area contributed by atoms with E-state index in [0.717, 1.165) is 13.2 Å². The summed E-state index contributed by atoms with van der Waals surface area (Å²) >= 11 is 1.46. The summed E-state index contributed by atoms with van der Waals surface area (Å²) in [5, 5.41) is 0. The highest BCUT2D eigenvalue weighted by atomic mass is 127. The smallest absolute Gasteiger partial charge is 0.433 e. The van der Waals surface area contributed by atoms with Gasteiger partial charge in [0.2, 0.25) is 0 Å². The van der Waals surface area contributed by atoms with Gasteiger partial charge >= 0.3 is 12.1 Å². The number of carbonyl (C=O) groups is 1. The van der Waals surface area contributed by atoms with Crippen LogP contribution in [0, 0.1) is 3.70 Å². The quantitative estimate of drug-likeness (QED) is 0.341. The van der Waals surface area contributed by atoms with Crippen LogP contribution in [0.4, 0.5) is 22.0 Å². The van der Waals surface area contributed by atoms with E-state index < -0.39 is 41.8 Å². The Bertz CT molecular complexity index is 490. The van der Waals surface area contributed by atoms with E-state index in [0.29, 0.717) is 0 Å². The third kappa shape index (κ3) is 3.98. The lowest BCUT2D eigenvalue weighted by Gasteiger charge is -2.15. The highest BCUT2D eigenvalue weighted by molar-refractivity contribution is 14.1. The lowest BCUT2D eigenvalue weighted by molar-refractivity contribution is -0.144. The van der Waals surface area contributed by atoms with Crippen LogP contribution in [-0.4, -0.2) is 18.1 Å². The number of pyridine rings is 1. The predicted octanol–water partition coefficient (Wildman–Crippen LogP) is 3.36. The number of rotatable bonds is 3. The third-order valence-electron chi connectivity index (χ3n) is 2.16. The van der Waals surface area contributed by atoms with Crippen molar-refractivity contribution < 1.29 is 31.5 Å². The van der Waals surface area contributed by atoms with Gasteiger partial charge in [-0.25, -0.2) is 13.8 Å². The molecule has 0 bridgehead atoms. The van der Waals surface area contributed by atoms with Gasteiger partial charge in [0.1, 0.15) is 3.70 Å². The molecular formula is C10H7F5INO2. The van der Waals surface area contributed by atoms with Crippen LogP contribution < -0.4 is 0 Å². The highest BCUT2D eigenvalue weighted by Crippen LogP contribution is 2.37. The molecule has 19 heavy (non-hydrogen) atoms. The van der Waals surface area contributed by atoms with Gasteiger partial charge in [0.05, 0.1) is 19.1 Å². The summed E-state index contributed by atoms with van der Waals surface area (Å²) in [5.41, 5.74) is -3.39. The Morgan fingerprint density at radius 1 is 1.47 bits per heavy atom. The molecule has 0 amide bonds. The lowest BCUT2D eigenvalue weighted by Crippen LogP contribution is -2.17. The summed E-state index contributed by atoms with van der Waals surface area (Å²) in [6.45, 7) is 0. The van der Waals surface area contributed by atoms with Crippen molar-refractivity contribution in [1.82, 2.24) is 4.98 Å². The summed E-state index contributed by atoms with van der Waals surface area (Å²) in [5.74, 6) is -0.906. The van der Waals surface area contributed by atoms with Crippen molar-refractivity contribution in [2.45, 2.75) is 19.0 Å². The standard InChI is InChI=1S/C10H7F5INO2/c1-19-6(18)3-4-2-5(16)17-8(10(13,14)15)7(4)9(11)12/h2,9H,3H2,1H3. The first-order chi connectivity index (χ1) is 8.66. The van der Waals surface area contributed by atoms with E-state index in [1.54, 1.807) is 0 Å². The molecule has 1 aromatic rings. The number of alkyl halides is 5. The fourth-order valence-electron chi connectivity index (χ4n) is 1.41. The second-order valence-corrected chi connectivity index (χ2v) is 4.52. The van der Waals surface area contributed by atoms with Gasteiger partial charge < -0.3 is 4.74 Å². The average molecular weight is 395 g/mol. The molecule has 0 N–H and O–H groups in total. The minimum atomic E-state index is -5.02. The molecule has 0 atom stereocenters. The SMILES string of the molecule is COC(=O)Cc1cc(I)nc(C(F)(F)F)c1C(F)F. The van der Waals surface area contributed by atoms with E-state index in [4.69, 9.17) is 0 Å². The van der Waals surface area contributed by atoms with Gasteiger partial charge in [-0.3, -0.25) is 4.79 Å². The Hall–Kier alpha value is -1.00. The first-order valence-corrected chi connectivity index (χ1v) is 5.86. The number of methoxy groups -OCH3 is 1. The zero-order valence-corrected chi connectivity index (χ0v) is 11.6. The van der Waals surface area contributed by atoms with Crippen LogP contribution >= 0.6 is 22.6 Å². The molecule has 0 aromatic carbocycles. The van der Waals surface area contributed by atoms with Gasteiger partial charge in [-0.15, -0.1) is 0 Å². The van der Waals surface area contributed by atoms with Crippen LogP contribution in [0.1, 0.15) is 23.2 Å². The molecule has 106 valence electrons. The number of carbonyl (C=O) groups excluding carboxylic acids is 1. The molecule has 1 aromatic heterocycles. The normalized spacial score (nSPS) is 11.8. The molecule has 0 saturated carbocycles. The molecule has 0 radical (unpaired) electrons. The predicted molar refractivity (Wildman–Crippen MR) is 62.6 cm³/mol. The van der Waals surface area contributed by atoms with Gasteiger partial charge in [0.25, 0.3) is 6.43 Å². The van der Waals surface area contributed by atoms with E-state index in [1.807, 2.05) is 0 Å². The molecule has 0 aliphatic carbocycles. The molecule has 0 aliphatic heterocycles. The van der Waals surface area contributed by atoms with E-state index >= 15 is 0 Å². The average Bonchev–Trinajstić information content (AvgIpc) is 2.26. The van der Waals surface area contributed by atoms with Crippen molar-refractivity contribution in [3.8, 4) is 0 Å². The molecule has 3 nitrogen and oxygen atoms in total. The minimum absolute atomic E-state index is 0.131. The van der Waals surface area contributed by atoms with Crippen molar-refractivity contribution in [3.05, 3.63) is 26.6 Å². The molecule has 0 unspecified atom stereocenters. The molecule has 9 heteroatoms. The van der Waals surface area contributed by atoms with E-state index in [-0.39, 0.29) is 3.70 Å². The van der Waals surface area contributed by atoms with E-state index in [2.05, 4.69) is 9.72 Å². The number of esters is 1. The van der Waals surface area contributed by atoms with Gasteiger partial charge in [-0.05, 0) is 34.2 Å². The second kappa shape index (κ2) is 5.97. The summed E-state index contributed by atoms with van der Waals surface area (Å²) in [7, 11) is 1.02.